The molecule has 4 nitrogen and oxygen atoms in total. The maximum absolute atomic E-state index is 4.72. The Morgan fingerprint density at radius 1 is 1.71 bits per heavy atom. The van der Waals surface area contributed by atoms with Gasteiger partial charge in [0.25, 0.3) is 0 Å². The highest BCUT2D eigenvalue weighted by Crippen LogP contribution is 1.77. The third kappa shape index (κ3) is 3.02. The van der Waals surface area contributed by atoms with Crippen molar-refractivity contribution >= 4 is 0 Å². The molecule has 0 aliphatic heterocycles. The van der Waals surface area contributed by atoms with Crippen LogP contribution in [-0.2, 0) is 0 Å². The highest BCUT2D eigenvalue weighted by Gasteiger charge is 1.79. The molecule has 0 saturated carbocycles. The first-order chi connectivity index (χ1) is 3.31. The summed E-state index contributed by atoms with van der Waals surface area (Å²) in [7, 11) is 1.80. The van der Waals surface area contributed by atoms with Crippen molar-refractivity contribution in [2.45, 2.75) is 6.92 Å². The molecule has 0 atom stereocenters. The van der Waals surface area contributed by atoms with Gasteiger partial charge in [-0.1, -0.05) is 10.4 Å². The van der Waals surface area contributed by atoms with Crippen LogP contribution in [0.5, 0.6) is 0 Å². The minimum absolute atomic E-state index is 0.834. The molecular weight excluding hydrogens is 92.1 g/mol. The fourth-order valence-corrected chi connectivity index (χ4v) is 0.151. The van der Waals surface area contributed by atoms with Crippen molar-refractivity contribution in [2.75, 3.05) is 13.6 Å². The van der Waals surface area contributed by atoms with Crippen molar-refractivity contribution in [1.29, 1.82) is 0 Å². The van der Waals surface area contributed by atoms with Gasteiger partial charge in [-0.25, -0.2) is 0 Å². The van der Waals surface area contributed by atoms with Gasteiger partial charge in [0.2, 0.25) is 0 Å². The van der Waals surface area contributed by atoms with Crippen molar-refractivity contribution in [3.63, 3.8) is 0 Å². The molecule has 0 heterocycles. The van der Waals surface area contributed by atoms with Crippen LogP contribution in [0.15, 0.2) is 10.4 Å². The minimum atomic E-state index is 0.834. The van der Waals surface area contributed by atoms with E-state index >= 15 is 0 Å². The first-order valence-corrected chi connectivity index (χ1v) is 2.13. The maximum Gasteiger partial charge on any atom is 0.0346 e. The lowest BCUT2D eigenvalue weighted by Gasteiger charge is -2.03. The van der Waals surface area contributed by atoms with E-state index in [1.807, 2.05) is 6.92 Å². The number of nitrogens with zero attached hydrogens (tertiary/aromatic N) is 3. The van der Waals surface area contributed by atoms with E-state index in [1.165, 1.54) is 0 Å². The molecule has 0 amide bonds. The topological polar surface area (TPSA) is 54.0 Å². The summed E-state index contributed by atoms with van der Waals surface area (Å²) >= 11 is 0. The molecular formula is C3H10N4. The summed E-state index contributed by atoms with van der Waals surface area (Å²) in [6, 6.07) is 0. The zero-order valence-corrected chi connectivity index (χ0v) is 4.63. The molecule has 0 aliphatic carbocycles. The van der Waals surface area contributed by atoms with Crippen molar-refractivity contribution < 1.29 is 0 Å². The Balaban J connectivity index is 3.16. The lowest BCUT2D eigenvalue weighted by Crippen LogP contribution is -2.08. The summed E-state index contributed by atoms with van der Waals surface area (Å²) in [5.41, 5.74) is 0. The maximum atomic E-state index is 4.72. The van der Waals surface area contributed by atoms with E-state index in [0.29, 0.717) is 0 Å². The van der Waals surface area contributed by atoms with E-state index in [4.69, 9.17) is 5.84 Å². The molecule has 0 aromatic rings. The van der Waals surface area contributed by atoms with Crippen molar-refractivity contribution in [3.05, 3.63) is 0 Å². The Morgan fingerprint density at radius 3 is 2.43 bits per heavy atom. The highest BCUT2D eigenvalue weighted by atomic mass is 15.6. The van der Waals surface area contributed by atoms with Crippen LogP contribution in [-0.4, -0.2) is 18.6 Å². The van der Waals surface area contributed by atoms with E-state index in [2.05, 4.69) is 10.4 Å². The molecule has 0 aromatic heterocycles. The lowest BCUT2D eigenvalue weighted by molar-refractivity contribution is 0.344. The van der Waals surface area contributed by atoms with Crippen LogP contribution in [0.2, 0.25) is 0 Å². The van der Waals surface area contributed by atoms with Crippen molar-refractivity contribution in [2.24, 2.45) is 16.3 Å². The van der Waals surface area contributed by atoms with E-state index in [1.54, 1.807) is 12.1 Å². The fraction of sp³-hybridized carbons (Fsp3) is 1.00. The van der Waals surface area contributed by atoms with Crippen LogP contribution >= 0.6 is 0 Å². The lowest BCUT2D eigenvalue weighted by atomic mass is 10.8. The zero-order valence-electron chi connectivity index (χ0n) is 4.63. The van der Waals surface area contributed by atoms with Crippen LogP contribution in [0.4, 0.5) is 0 Å². The summed E-state index contributed by atoms with van der Waals surface area (Å²) in [5.74, 6) is 4.72. The van der Waals surface area contributed by atoms with Gasteiger partial charge in [-0.3, -0.25) is 5.01 Å². The summed E-state index contributed by atoms with van der Waals surface area (Å²) < 4.78 is 0. The molecule has 7 heavy (non-hydrogen) atoms. The number of rotatable bonds is 2. The van der Waals surface area contributed by atoms with Gasteiger partial charge in [-0.05, 0) is 6.92 Å². The third-order valence-electron chi connectivity index (χ3n) is 0.662. The first-order valence-electron chi connectivity index (χ1n) is 2.13. The predicted octanol–water partition coefficient (Wildman–Crippen LogP) is 0.179. The molecule has 0 radical (unpaired) electrons. The summed E-state index contributed by atoms with van der Waals surface area (Å²) in [6.07, 6.45) is 0. The van der Waals surface area contributed by atoms with Crippen molar-refractivity contribution in [1.82, 2.24) is 5.01 Å². The number of nitrogens with two attached hydrogens (primary N) is 1. The van der Waals surface area contributed by atoms with Crippen LogP contribution < -0.4 is 5.84 Å². The molecule has 0 aliphatic rings. The van der Waals surface area contributed by atoms with Crippen LogP contribution in [0.3, 0.4) is 0 Å². The van der Waals surface area contributed by atoms with E-state index in [9.17, 15) is 0 Å². The van der Waals surface area contributed by atoms with Crippen LogP contribution in [0, 0.1) is 0 Å². The smallest absolute Gasteiger partial charge is 0.0346 e. The van der Waals surface area contributed by atoms with Crippen LogP contribution in [0.1, 0.15) is 6.92 Å². The van der Waals surface area contributed by atoms with Gasteiger partial charge in [-0.15, -0.1) is 0 Å². The number of hydrogen-bond acceptors (Lipinski definition) is 2. The summed E-state index contributed by atoms with van der Waals surface area (Å²) in [5, 5.41) is 8.18. The summed E-state index contributed by atoms with van der Waals surface area (Å²) in [4.78, 5) is 0. The fourth-order valence-electron chi connectivity index (χ4n) is 0.151. The Hall–Kier alpha value is -0.800. The Labute approximate surface area is 43.0 Å². The molecule has 0 bridgehead atoms. The molecule has 0 spiro atoms. The second kappa shape index (κ2) is 3.39. The quantitative estimate of drug-likeness (QED) is 0.307. The molecule has 0 unspecified atom stereocenters. The predicted molar refractivity (Wildman–Crippen MR) is 27.3 cm³/mol. The molecule has 2 N–H and O–H groups in total. The van der Waals surface area contributed by atoms with E-state index in [0.717, 1.165) is 6.54 Å². The average molecular weight is 102 g/mol. The van der Waals surface area contributed by atoms with Gasteiger partial charge in [0.15, 0.2) is 0 Å². The molecule has 0 aromatic carbocycles. The number of hydrogen-bond donors (Lipinski definition) is 1. The van der Waals surface area contributed by atoms with Gasteiger partial charge >= 0.3 is 0 Å². The largest absolute Gasteiger partial charge is 0.303 e. The van der Waals surface area contributed by atoms with E-state index in [-0.39, 0.29) is 0 Å². The Kier molecular flexibility index (Phi) is 3.00. The molecule has 0 fully saturated rings. The zero-order chi connectivity index (χ0) is 5.70. The molecule has 0 saturated heterocycles. The van der Waals surface area contributed by atoms with E-state index < -0.39 is 0 Å². The van der Waals surface area contributed by atoms with Crippen LogP contribution in [0.25, 0.3) is 0 Å². The van der Waals surface area contributed by atoms with Gasteiger partial charge in [0.05, 0.1) is 0 Å². The first kappa shape index (κ1) is 6.20. The van der Waals surface area contributed by atoms with Crippen molar-refractivity contribution in [3.8, 4) is 0 Å². The highest BCUT2D eigenvalue weighted by molar-refractivity contribution is 4.26. The second-order valence-corrected chi connectivity index (χ2v) is 1.18. The van der Waals surface area contributed by atoms with Gasteiger partial charge in [-0.2, -0.15) is 0 Å². The molecule has 42 valence electrons. The summed E-state index contributed by atoms with van der Waals surface area (Å²) in [6.45, 7) is 2.80. The third-order valence-corrected chi connectivity index (χ3v) is 0.662. The minimum Gasteiger partial charge on any atom is -0.303 e. The Morgan fingerprint density at radius 2 is 2.29 bits per heavy atom. The second-order valence-electron chi connectivity index (χ2n) is 1.18. The van der Waals surface area contributed by atoms with Gasteiger partial charge in [0, 0.05) is 13.6 Å². The monoisotopic (exact) mass is 102 g/mol. The van der Waals surface area contributed by atoms with Gasteiger partial charge in [0.1, 0.15) is 0 Å². The normalized spacial score (nSPS) is 10.0. The Bertz CT molecular complexity index is 60.0. The average Bonchev–Trinajstić information content (AvgIpc) is 1.68. The standard InChI is InChI=1S/C3H10N4/c1-3-7(2)6-5-4/h3H2,1-2H3,(H2,4,6). The molecule has 0 rings (SSSR count). The van der Waals surface area contributed by atoms with Gasteiger partial charge < -0.3 is 5.84 Å². The SMILES string of the molecule is CCN(C)/N=N\N. The molecule has 4 heteroatoms.